The third-order valence-electron chi connectivity index (χ3n) is 8.49. The summed E-state index contributed by atoms with van der Waals surface area (Å²) >= 11 is 0. The van der Waals surface area contributed by atoms with E-state index in [9.17, 15) is 9.90 Å². The Bertz CT molecular complexity index is 1370. The minimum atomic E-state index is -0.0249. The van der Waals surface area contributed by atoms with E-state index in [1.54, 1.807) is 0 Å². The monoisotopic (exact) mass is 542 g/mol. The molecule has 1 atom stereocenters. The predicted molar refractivity (Wildman–Crippen MR) is 157 cm³/mol. The molecule has 40 heavy (non-hydrogen) atoms. The molecule has 0 spiro atoms. The van der Waals surface area contributed by atoms with Gasteiger partial charge in [-0.25, -0.2) is 0 Å². The fourth-order valence-corrected chi connectivity index (χ4v) is 6.35. The molecule has 2 saturated heterocycles. The average molecular weight is 543 g/mol. The number of β-amino-alcohol motifs (C(OH)–C–C–N with tert-alkyl or cyclic N) is 1. The number of aliphatic hydroxyl groups excluding tert-OH is 1. The van der Waals surface area contributed by atoms with Gasteiger partial charge in [-0.05, 0) is 43.3 Å². The van der Waals surface area contributed by atoms with Crippen LogP contribution in [0.4, 0.5) is 11.5 Å². The van der Waals surface area contributed by atoms with Crippen LogP contribution >= 0.6 is 0 Å². The van der Waals surface area contributed by atoms with Crippen molar-refractivity contribution in [3.63, 3.8) is 0 Å². The normalized spacial score (nSPS) is 19.6. The summed E-state index contributed by atoms with van der Waals surface area (Å²) in [6, 6.07) is 15.7. The van der Waals surface area contributed by atoms with Gasteiger partial charge in [0.2, 0.25) is 5.91 Å². The zero-order valence-electron chi connectivity index (χ0n) is 23.0. The van der Waals surface area contributed by atoms with Crippen LogP contribution in [0, 0.1) is 0 Å². The maximum atomic E-state index is 12.2. The number of carbonyl (C=O) groups is 1. The molecule has 1 aromatic heterocycles. The van der Waals surface area contributed by atoms with Crippen LogP contribution in [0.15, 0.2) is 55.1 Å². The van der Waals surface area contributed by atoms with E-state index >= 15 is 0 Å². The van der Waals surface area contributed by atoms with Crippen LogP contribution in [0.2, 0.25) is 0 Å². The van der Waals surface area contributed by atoms with Crippen LogP contribution in [-0.4, -0.2) is 95.9 Å². The molecule has 3 aliphatic rings. The number of ether oxygens (including phenoxy) is 1. The van der Waals surface area contributed by atoms with Crippen LogP contribution in [-0.2, 0) is 17.8 Å². The number of anilines is 2. The quantitative estimate of drug-likeness (QED) is 0.435. The van der Waals surface area contributed by atoms with Gasteiger partial charge in [-0.1, -0.05) is 43.0 Å². The van der Waals surface area contributed by atoms with Gasteiger partial charge >= 0.3 is 6.01 Å². The van der Waals surface area contributed by atoms with Gasteiger partial charge in [0.1, 0.15) is 12.4 Å². The van der Waals surface area contributed by atoms with Crippen molar-refractivity contribution in [2.45, 2.75) is 31.8 Å². The van der Waals surface area contributed by atoms with Crippen molar-refractivity contribution in [2.24, 2.45) is 0 Å². The van der Waals surface area contributed by atoms with Crippen molar-refractivity contribution in [2.75, 3.05) is 68.8 Å². The van der Waals surface area contributed by atoms with Crippen LogP contribution in [0.5, 0.6) is 6.01 Å². The molecule has 9 nitrogen and oxygen atoms in total. The summed E-state index contributed by atoms with van der Waals surface area (Å²) in [6.07, 6.45) is 4.38. The molecule has 2 aromatic carbocycles. The molecule has 3 aliphatic heterocycles. The third-order valence-corrected chi connectivity index (χ3v) is 8.49. The molecule has 2 fully saturated rings. The van der Waals surface area contributed by atoms with Gasteiger partial charge in [0.15, 0.2) is 0 Å². The van der Waals surface area contributed by atoms with E-state index in [2.05, 4.69) is 63.7 Å². The number of hydrogen-bond acceptors (Lipinski definition) is 8. The van der Waals surface area contributed by atoms with E-state index < -0.39 is 0 Å². The number of rotatable bonds is 8. The van der Waals surface area contributed by atoms with Gasteiger partial charge < -0.3 is 24.5 Å². The first-order valence-electron chi connectivity index (χ1n) is 14.4. The molecule has 0 aliphatic carbocycles. The second kappa shape index (κ2) is 11.8. The SMILES string of the molecule is C=CC(=O)N1CCN(c2nc(OC[C@@H]3CCCN3CCO)nc3c2CCN(c2cccc4ccccc24)C3)CC1. The molecule has 0 unspecified atom stereocenters. The maximum absolute atomic E-state index is 12.2. The number of aromatic nitrogens is 2. The number of piperazine rings is 1. The molecule has 210 valence electrons. The van der Waals surface area contributed by atoms with Crippen molar-refractivity contribution in [1.82, 2.24) is 19.8 Å². The summed E-state index contributed by atoms with van der Waals surface area (Å²) in [5.74, 6) is 0.907. The maximum Gasteiger partial charge on any atom is 0.318 e. The van der Waals surface area contributed by atoms with Gasteiger partial charge in [0.05, 0.1) is 18.8 Å². The summed E-state index contributed by atoms with van der Waals surface area (Å²) in [6.45, 7) is 10.2. The standard InChI is InChI=1S/C31H38N6O3/c1-2-29(39)35-15-17-36(18-16-35)30-26-12-14-37(28-11-5-8-23-7-3-4-10-25(23)28)21-27(26)32-31(33-30)40-22-24-9-6-13-34(24)19-20-38/h2-5,7-8,10-11,24,38H,1,6,9,12-22H2/t24-/m0/s1. The van der Waals surface area contributed by atoms with Gasteiger partial charge in [-0.15, -0.1) is 0 Å². The van der Waals surface area contributed by atoms with E-state index in [4.69, 9.17) is 14.7 Å². The minimum Gasteiger partial charge on any atom is -0.462 e. The molecular weight excluding hydrogens is 504 g/mol. The number of benzene rings is 2. The van der Waals surface area contributed by atoms with Crippen LogP contribution in [0.3, 0.4) is 0 Å². The Hall–Kier alpha value is -3.69. The Morgan fingerprint density at radius 3 is 2.67 bits per heavy atom. The first-order valence-corrected chi connectivity index (χ1v) is 14.4. The van der Waals surface area contributed by atoms with E-state index in [1.165, 1.54) is 28.1 Å². The Morgan fingerprint density at radius 1 is 1.02 bits per heavy atom. The highest BCUT2D eigenvalue weighted by molar-refractivity contribution is 5.94. The Morgan fingerprint density at radius 2 is 1.85 bits per heavy atom. The fraction of sp³-hybridized carbons (Fsp3) is 0.452. The average Bonchev–Trinajstić information content (AvgIpc) is 3.45. The molecule has 4 heterocycles. The molecule has 0 saturated carbocycles. The van der Waals surface area contributed by atoms with Crippen molar-refractivity contribution < 1.29 is 14.6 Å². The molecule has 9 heteroatoms. The van der Waals surface area contributed by atoms with E-state index in [0.29, 0.717) is 51.9 Å². The molecule has 3 aromatic rings. The van der Waals surface area contributed by atoms with Gasteiger partial charge in [-0.3, -0.25) is 9.69 Å². The zero-order valence-corrected chi connectivity index (χ0v) is 23.0. The summed E-state index contributed by atoms with van der Waals surface area (Å²) in [5.41, 5.74) is 3.39. The number of likely N-dealkylation sites (tertiary alicyclic amines) is 1. The molecular formula is C31H38N6O3. The molecule has 1 N–H and O–H groups in total. The summed E-state index contributed by atoms with van der Waals surface area (Å²) in [4.78, 5) is 30.9. The van der Waals surface area contributed by atoms with E-state index in [-0.39, 0.29) is 18.6 Å². The lowest BCUT2D eigenvalue weighted by Gasteiger charge is -2.38. The van der Waals surface area contributed by atoms with Gasteiger partial charge in [0, 0.05) is 61.9 Å². The number of amides is 1. The third kappa shape index (κ3) is 5.36. The molecule has 0 bridgehead atoms. The fourth-order valence-electron chi connectivity index (χ4n) is 6.35. The molecule has 0 radical (unpaired) electrons. The number of hydrogen-bond donors (Lipinski definition) is 1. The smallest absolute Gasteiger partial charge is 0.318 e. The van der Waals surface area contributed by atoms with Crippen LogP contribution in [0.25, 0.3) is 10.8 Å². The molecule has 6 rings (SSSR count). The first-order chi connectivity index (χ1) is 19.6. The highest BCUT2D eigenvalue weighted by Crippen LogP contribution is 2.34. The second-order valence-electron chi connectivity index (χ2n) is 10.8. The van der Waals surface area contributed by atoms with Crippen LogP contribution < -0.4 is 14.5 Å². The number of nitrogens with zero attached hydrogens (tertiary/aromatic N) is 6. The number of aliphatic hydroxyl groups is 1. The summed E-state index contributed by atoms with van der Waals surface area (Å²) in [7, 11) is 0. The topological polar surface area (TPSA) is 85.3 Å². The van der Waals surface area contributed by atoms with Crippen molar-refractivity contribution in [3.8, 4) is 6.01 Å². The zero-order chi connectivity index (χ0) is 27.5. The van der Waals surface area contributed by atoms with Crippen molar-refractivity contribution >= 4 is 28.2 Å². The Kier molecular flexibility index (Phi) is 7.84. The lowest BCUT2D eigenvalue weighted by Crippen LogP contribution is -2.49. The predicted octanol–water partition coefficient (Wildman–Crippen LogP) is 2.86. The highest BCUT2D eigenvalue weighted by Gasteiger charge is 2.30. The number of carbonyl (C=O) groups excluding carboxylic acids is 1. The van der Waals surface area contributed by atoms with Crippen LogP contribution in [0.1, 0.15) is 24.1 Å². The number of fused-ring (bicyclic) bond motifs is 2. The Labute approximate surface area is 235 Å². The van der Waals surface area contributed by atoms with Crippen molar-refractivity contribution in [3.05, 3.63) is 66.4 Å². The van der Waals surface area contributed by atoms with Crippen molar-refractivity contribution in [1.29, 1.82) is 0 Å². The highest BCUT2D eigenvalue weighted by atomic mass is 16.5. The van der Waals surface area contributed by atoms with Gasteiger partial charge in [0.25, 0.3) is 0 Å². The summed E-state index contributed by atoms with van der Waals surface area (Å²) < 4.78 is 6.28. The lowest BCUT2D eigenvalue weighted by molar-refractivity contribution is -0.126. The summed E-state index contributed by atoms with van der Waals surface area (Å²) in [5, 5.41) is 11.9. The lowest BCUT2D eigenvalue weighted by atomic mass is 10.0. The Balaban J connectivity index is 1.28. The van der Waals surface area contributed by atoms with E-state index in [0.717, 1.165) is 43.9 Å². The largest absolute Gasteiger partial charge is 0.462 e. The van der Waals surface area contributed by atoms with E-state index in [1.807, 2.05) is 4.90 Å². The van der Waals surface area contributed by atoms with Gasteiger partial charge in [-0.2, -0.15) is 9.97 Å². The first kappa shape index (κ1) is 26.5. The minimum absolute atomic E-state index is 0.0249. The second-order valence-corrected chi connectivity index (χ2v) is 10.8. The molecule has 1 amide bonds.